The third-order valence-electron chi connectivity index (χ3n) is 5.58. The van der Waals surface area contributed by atoms with Gasteiger partial charge >= 0.3 is 0 Å². The summed E-state index contributed by atoms with van der Waals surface area (Å²) in [6.07, 6.45) is 1.81. The summed E-state index contributed by atoms with van der Waals surface area (Å²) in [4.78, 5) is 30.2. The zero-order valence-corrected chi connectivity index (χ0v) is 17.9. The van der Waals surface area contributed by atoms with Crippen LogP contribution < -0.4 is 4.90 Å². The first-order valence-electron chi connectivity index (χ1n) is 9.81. The van der Waals surface area contributed by atoms with Crippen LogP contribution in [0.2, 0.25) is 0 Å². The molecule has 1 saturated heterocycles. The molecule has 1 unspecified atom stereocenters. The second-order valence-corrected chi connectivity index (χ2v) is 8.56. The fraction of sp³-hybridized carbons (Fsp3) is 0.304. The number of imide groups is 1. The molecule has 2 aliphatic rings. The van der Waals surface area contributed by atoms with E-state index in [0.29, 0.717) is 30.0 Å². The maximum Gasteiger partial charge on any atom is 0.282 e. The van der Waals surface area contributed by atoms with E-state index in [1.54, 1.807) is 12.1 Å². The van der Waals surface area contributed by atoms with Gasteiger partial charge in [-0.2, -0.15) is 0 Å². The number of hydrogen-bond donors (Lipinski definition) is 1. The highest BCUT2D eigenvalue weighted by Crippen LogP contribution is 2.36. The zero-order chi connectivity index (χ0) is 20.5. The quantitative estimate of drug-likeness (QED) is 0.714. The molecule has 0 bridgehead atoms. The smallest absolute Gasteiger partial charge is 0.282 e. The maximum atomic E-state index is 13.5. The topological polar surface area (TPSA) is 60.9 Å². The van der Waals surface area contributed by atoms with Crippen LogP contribution in [0.5, 0.6) is 0 Å². The van der Waals surface area contributed by atoms with Gasteiger partial charge in [0.05, 0.1) is 11.3 Å². The van der Waals surface area contributed by atoms with Crippen molar-refractivity contribution in [2.75, 3.05) is 24.6 Å². The van der Waals surface area contributed by atoms with Crippen LogP contribution >= 0.6 is 15.9 Å². The molecular weight excluding hydrogens is 432 g/mol. The van der Waals surface area contributed by atoms with Gasteiger partial charge in [0.25, 0.3) is 11.8 Å². The van der Waals surface area contributed by atoms with E-state index in [2.05, 4.69) is 15.9 Å². The second-order valence-electron chi connectivity index (χ2n) is 7.65. The number of aliphatic hydroxyl groups excluding tert-OH is 1. The zero-order valence-electron chi connectivity index (χ0n) is 16.3. The second kappa shape index (κ2) is 8.13. The predicted molar refractivity (Wildman–Crippen MR) is 116 cm³/mol. The fourth-order valence-corrected chi connectivity index (χ4v) is 4.30. The number of nitrogens with zero attached hydrogens (tertiary/aromatic N) is 2. The van der Waals surface area contributed by atoms with E-state index in [-0.39, 0.29) is 24.3 Å². The Morgan fingerprint density at radius 1 is 1.03 bits per heavy atom. The molecule has 2 aromatic rings. The van der Waals surface area contributed by atoms with Crippen LogP contribution in [0.3, 0.4) is 0 Å². The molecule has 0 aliphatic carbocycles. The average molecular weight is 455 g/mol. The Bertz CT molecular complexity index is 967. The summed E-state index contributed by atoms with van der Waals surface area (Å²) in [5.41, 5.74) is 3.28. The molecular formula is C23H23BrN2O3. The van der Waals surface area contributed by atoms with Gasteiger partial charge in [-0.05, 0) is 55.5 Å². The van der Waals surface area contributed by atoms with Crippen molar-refractivity contribution >= 4 is 39.0 Å². The molecule has 0 aromatic heterocycles. The number of rotatable bonds is 4. The number of aryl methyl sites for hydroxylation is 1. The number of benzene rings is 2. The summed E-state index contributed by atoms with van der Waals surface area (Å²) in [6, 6.07) is 14.9. The Morgan fingerprint density at radius 2 is 1.72 bits per heavy atom. The number of piperidine rings is 1. The lowest BCUT2D eigenvalue weighted by Crippen LogP contribution is -2.40. The minimum absolute atomic E-state index is 0.0855. The number of carbonyl (C=O) groups is 2. The lowest BCUT2D eigenvalue weighted by molar-refractivity contribution is -0.120. The summed E-state index contributed by atoms with van der Waals surface area (Å²) >= 11 is 3.40. The Kier molecular flexibility index (Phi) is 5.56. The minimum Gasteiger partial charge on any atom is -0.396 e. The van der Waals surface area contributed by atoms with Crippen LogP contribution in [0, 0.1) is 12.8 Å². The van der Waals surface area contributed by atoms with Crippen molar-refractivity contribution in [3.05, 3.63) is 69.8 Å². The third kappa shape index (κ3) is 3.74. The van der Waals surface area contributed by atoms with Crippen LogP contribution in [0.1, 0.15) is 24.0 Å². The molecule has 2 heterocycles. The fourth-order valence-electron chi connectivity index (χ4n) is 4.03. The van der Waals surface area contributed by atoms with Gasteiger partial charge in [0, 0.05) is 24.2 Å². The van der Waals surface area contributed by atoms with E-state index in [4.69, 9.17) is 0 Å². The van der Waals surface area contributed by atoms with Gasteiger partial charge < -0.3 is 10.0 Å². The van der Waals surface area contributed by atoms with Crippen molar-refractivity contribution in [2.24, 2.45) is 5.92 Å². The van der Waals surface area contributed by atoms with Gasteiger partial charge in [0.15, 0.2) is 0 Å². The molecule has 1 N–H and O–H groups in total. The van der Waals surface area contributed by atoms with E-state index >= 15 is 0 Å². The van der Waals surface area contributed by atoms with Crippen LogP contribution in [-0.4, -0.2) is 41.5 Å². The first kappa shape index (κ1) is 19.9. The number of halogens is 1. The molecule has 6 heteroatoms. The van der Waals surface area contributed by atoms with Crippen molar-refractivity contribution in [1.29, 1.82) is 0 Å². The molecule has 2 aromatic carbocycles. The Labute approximate surface area is 178 Å². The SMILES string of the molecule is Cc1ccc(C2=C(N3CCCC(CO)C3)C(=O)N(c3ccc(Br)cc3)C2=O)cc1. The lowest BCUT2D eigenvalue weighted by atomic mass is 9.96. The van der Waals surface area contributed by atoms with Gasteiger partial charge in [-0.1, -0.05) is 45.8 Å². The van der Waals surface area contributed by atoms with Crippen LogP contribution in [0.25, 0.3) is 5.57 Å². The van der Waals surface area contributed by atoms with E-state index in [0.717, 1.165) is 28.4 Å². The van der Waals surface area contributed by atoms with E-state index in [1.807, 2.05) is 48.2 Å². The number of hydrogen-bond acceptors (Lipinski definition) is 4. The molecule has 0 saturated carbocycles. The maximum absolute atomic E-state index is 13.5. The summed E-state index contributed by atoms with van der Waals surface area (Å²) in [5.74, 6) is -0.492. The van der Waals surface area contributed by atoms with Gasteiger partial charge in [0.1, 0.15) is 5.70 Å². The molecule has 2 aliphatic heterocycles. The Morgan fingerprint density at radius 3 is 2.38 bits per heavy atom. The van der Waals surface area contributed by atoms with Gasteiger partial charge in [-0.3, -0.25) is 9.59 Å². The molecule has 4 rings (SSSR count). The summed E-state index contributed by atoms with van der Waals surface area (Å²) in [7, 11) is 0. The standard InChI is InChI=1S/C23H23BrN2O3/c1-15-4-6-17(7-5-15)20-21(25-12-2-3-16(13-25)14-27)23(29)26(22(20)28)19-10-8-18(24)9-11-19/h4-11,16,27H,2-3,12-14H2,1H3. The third-order valence-corrected chi connectivity index (χ3v) is 6.11. The number of amides is 2. The van der Waals surface area contributed by atoms with E-state index < -0.39 is 0 Å². The first-order valence-corrected chi connectivity index (χ1v) is 10.6. The molecule has 5 nitrogen and oxygen atoms in total. The van der Waals surface area contributed by atoms with Crippen LogP contribution in [0.15, 0.2) is 58.7 Å². The molecule has 1 fully saturated rings. The van der Waals surface area contributed by atoms with Crippen LogP contribution in [0.4, 0.5) is 5.69 Å². The number of anilines is 1. The Hall–Kier alpha value is -2.44. The van der Waals surface area contributed by atoms with Crippen molar-refractivity contribution in [3.8, 4) is 0 Å². The minimum atomic E-state index is -0.303. The van der Waals surface area contributed by atoms with Gasteiger partial charge in [-0.25, -0.2) is 4.90 Å². The lowest BCUT2D eigenvalue weighted by Gasteiger charge is -2.34. The molecule has 2 amide bonds. The number of likely N-dealkylation sites (tertiary alicyclic amines) is 1. The molecule has 150 valence electrons. The molecule has 0 radical (unpaired) electrons. The normalized spacial score (nSPS) is 20.0. The van der Waals surface area contributed by atoms with Crippen molar-refractivity contribution in [2.45, 2.75) is 19.8 Å². The van der Waals surface area contributed by atoms with Crippen molar-refractivity contribution < 1.29 is 14.7 Å². The molecule has 29 heavy (non-hydrogen) atoms. The van der Waals surface area contributed by atoms with Crippen LogP contribution in [-0.2, 0) is 9.59 Å². The Balaban J connectivity index is 1.80. The highest BCUT2D eigenvalue weighted by molar-refractivity contribution is 9.10. The van der Waals surface area contributed by atoms with Crippen molar-refractivity contribution in [3.63, 3.8) is 0 Å². The number of carbonyl (C=O) groups excluding carboxylic acids is 2. The van der Waals surface area contributed by atoms with Gasteiger partial charge in [0.2, 0.25) is 0 Å². The average Bonchev–Trinajstić information content (AvgIpc) is 2.99. The highest BCUT2D eigenvalue weighted by Gasteiger charge is 2.43. The van der Waals surface area contributed by atoms with Crippen molar-refractivity contribution in [1.82, 2.24) is 4.90 Å². The highest BCUT2D eigenvalue weighted by atomic mass is 79.9. The molecule has 1 atom stereocenters. The largest absolute Gasteiger partial charge is 0.396 e. The first-order chi connectivity index (χ1) is 14.0. The monoisotopic (exact) mass is 454 g/mol. The summed E-state index contributed by atoms with van der Waals surface area (Å²) in [5, 5.41) is 9.63. The van der Waals surface area contributed by atoms with Gasteiger partial charge in [-0.15, -0.1) is 0 Å². The summed E-state index contributed by atoms with van der Waals surface area (Å²) in [6.45, 7) is 3.36. The molecule has 0 spiro atoms. The number of aliphatic hydroxyl groups is 1. The van der Waals surface area contributed by atoms with E-state index in [1.165, 1.54) is 4.90 Å². The summed E-state index contributed by atoms with van der Waals surface area (Å²) < 4.78 is 0.883. The predicted octanol–water partition coefficient (Wildman–Crippen LogP) is 3.75. The van der Waals surface area contributed by atoms with E-state index in [9.17, 15) is 14.7 Å².